The number of benzene rings is 1. The van der Waals surface area contributed by atoms with Gasteiger partial charge in [0.15, 0.2) is 0 Å². The van der Waals surface area contributed by atoms with Gasteiger partial charge in [-0.15, -0.1) is 0 Å². The maximum Gasteiger partial charge on any atom is 0.321 e. The van der Waals surface area contributed by atoms with Gasteiger partial charge in [0.1, 0.15) is 5.82 Å². The van der Waals surface area contributed by atoms with Crippen molar-refractivity contribution in [3.8, 4) is 0 Å². The summed E-state index contributed by atoms with van der Waals surface area (Å²) in [6.45, 7) is 6.21. The molecule has 0 spiro atoms. The number of urea groups is 1. The van der Waals surface area contributed by atoms with Crippen molar-refractivity contribution in [1.29, 1.82) is 0 Å². The summed E-state index contributed by atoms with van der Waals surface area (Å²) in [5.41, 5.74) is 0.845. The number of aliphatic hydroxyl groups excluding tert-OH is 1. The third-order valence-corrected chi connectivity index (χ3v) is 4.41. The van der Waals surface area contributed by atoms with E-state index in [1.54, 1.807) is 26.1 Å². The molecule has 1 atom stereocenters. The normalized spacial score (nSPS) is 17.5. The van der Waals surface area contributed by atoms with Crippen molar-refractivity contribution >= 4 is 11.7 Å². The summed E-state index contributed by atoms with van der Waals surface area (Å²) in [4.78, 5) is 18.1. The first-order valence-corrected chi connectivity index (χ1v) is 8.23. The Morgan fingerprint density at radius 1 is 1.38 bits per heavy atom. The van der Waals surface area contributed by atoms with Crippen molar-refractivity contribution in [2.24, 2.45) is 0 Å². The fourth-order valence-electron chi connectivity index (χ4n) is 2.74. The monoisotopic (exact) mass is 338 g/mol. The van der Waals surface area contributed by atoms with Crippen molar-refractivity contribution in [2.75, 3.05) is 58.7 Å². The molecule has 2 amide bonds. The Balaban J connectivity index is 1.81. The second-order valence-corrected chi connectivity index (χ2v) is 6.48. The molecule has 2 rings (SSSR count). The fourth-order valence-corrected chi connectivity index (χ4v) is 2.74. The first-order valence-electron chi connectivity index (χ1n) is 8.23. The lowest BCUT2D eigenvalue weighted by Crippen LogP contribution is -2.49. The van der Waals surface area contributed by atoms with Gasteiger partial charge in [-0.3, -0.25) is 4.90 Å². The van der Waals surface area contributed by atoms with Crippen LogP contribution in [0.15, 0.2) is 18.2 Å². The number of hydrogen-bond donors (Lipinski definition) is 2. The second-order valence-electron chi connectivity index (χ2n) is 6.48. The first-order chi connectivity index (χ1) is 11.4. The molecule has 2 N–H and O–H groups in total. The number of anilines is 1. The Kier molecular flexibility index (Phi) is 6.53. The Morgan fingerprint density at radius 2 is 2.04 bits per heavy atom. The predicted octanol–water partition coefficient (Wildman–Crippen LogP) is 1.21. The zero-order valence-corrected chi connectivity index (χ0v) is 14.6. The van der Waals surface area contributed by atoms with Crippen LogP contribution in [0.1, 0.15) is 5.56 Å². The van der Waals surface area contributed by atoms with Crippen LogP contribution in [0, 0.1) is 12.7 Å². The van der Waals surface area contributed by atoms with Crippen molar-refractivity contribution < 1.29 is 14.3 Å². The number of amides is 2. The largest absolute Gasteiger partial charge is 0.390 e. The minimum atomic E-state index is -0.613. The topological polar surface area (TPSA) is 59.1 Å². The van der Waals surface area contributed by atoms with E-state index in [2.05, 4.69) is 22.2 Å². The third kappa shape index (κ3) is 5.15. The van der Waals surface area contributed by atoms with Crippen LogP contribution in [0.2, 0.25) is 0 Å². The highest BCUT2D eigenvalue weighted by Crippen LogP contribution is 2.17. The highest BCUT2D eigenvalue weighted by atomic mass is 19.1. The number of nitrogens with one attached hydrogen (secondary N) is 1. The first kappa shape index (κ1) is 18.6. The summed E-state index contributed by atoms with van der Waals surface area (Å²) in [5, 5.41) is 12.9. The Morgan fingerprint density at radius 3 is 2.71 bits per heavy atom. The van der Waals surface area contributed by atoms with Crippen molar-refractivity contribution in [3.05, 3.63) is 29.6 Å². The van der Waals surface area contributed by atoms with Crippen LogP contribution >= 0.6 is 0 Å². The van der Waals surface area contributed by atoms with Crippen molar-refractivity contribution in [3.63, 3.8) is 0 Å². The molecule has 6 nitrogen and oxygen atoms in total. The molecular formula is C17H27FN4O2. The number of rotatable bonds is 5. The lowest BCUT2D eigenvalue weighted by Gasteiger charge is -2.34. The highest BCUT2D eigenvalue weighted by Gasteiger charge is 2.20. The molecule has 24 heavy (non-hydrogen) atoms. The summed E-state index contributed by atoms with van der Waals surface area (Å²) in [5.74, 6) is -0.356. The smallest absolute Gasteiger partial charge is 0.321 e. The predicted molar refractivity (Wildman–Crippen MR) is 92.7 cm³/mol. The Hall–Kier alpha value is -1.70. The summed E-state index contributed by atoms with van der Waals surface area (Å²) in [6.07, 6.45) is -0.613. The molecule has 1 aliphatic heterocycles. The molecule has 1 saturated heterocycles. The number of nitrogens with zero attached hydrogens (tertiary/aromatic N) is 3. The Labute approximate surface area is 142 Å². The molecule has 0 aromatic heterocycles. The molecule has 1 heterocycles. The van der Waals surface area contributed by atoms with Crippen molar-refractivity contribution in [2.45, 2.75) is 13.0 Å². The van der Waals surface area contributed by atoms with E-state index >= 15 is 0 Å². The van der Waals surface area contributed by atoms with Crippen LogP contribution in [-0.4, -0.2) is 85.3 Å². The van der Waals surface area contributed by atoms with Gasteiger partial charge in [0.2, 0.25) is 0 Å². The van der Waals surface area contributed by atoms with Gasteiger partial charge in [0.25, 0.3) is 0 Å². The lowest BCUT2D eigenvalue weighted by atomic mass is 10.2. The van der Waals surface area contributed by atoms with E-state index in [1.165, 1.54) is 11.0 Å². The summed E-state index contributed by atoms with van der Waals surface area (Å²) in [7, 11) is 3.71. The number of hydrogen-bond acceptors (Lipinski definition) is 4. The fraction of sp³-hybridized carbons (Fsp3) is 0.588. The van der Waals surface area contributed by atoms with Gasteiger partial charge < -0.3 is 20.2 Å². The van der Waals surface area contributed by atoms with Gasteiger partial charge in [0.05, 0.1) is 6.10 Å². The summed E-state index contributed by atoms with van der Waals surface area (Å²) in [6, 6.07) is 4.21. The van der Waals surface area contributed by atoms with E-state index in [0.29, 0.717) is 17.8 Å². The average molecular weight is 338 g/mol. The van der Waals surface area contributed by atoms with E-state index in [4.69, 9.17) is 0 Å². The number of aliphatic hydroxyl groups is 1. The van der Waals surface area contributed by atoms with E-state index < -0.39 is 6.10 Å². The van der Waals surface area contributed by atoms with Crippen LogP contribution < -0.4 is 5.32 Å². The van der Waals surface area contributed by atoms with Gasteiger partial charge >= 0.3 is 6.03 Å². The number of likely N-dealkylation sites (N-methyl/N-ethyl adjacent to an activating group) is 2. The van der Waals surface area contributed by atoms with Crippen molar-refractivity contribution in [1.82, 2.24) is 14.7 Å². The maximum atomic E-state index is 13.5. The van der Waals surface area contributed by atoms with E-state index in [0.717, 1.165) is 26.2 Å². The minimum absolute atomic E-state index is 0.229. The van der Waals surface area contributed by atoms with Gasteiger partial charge in [0, 0.05) is 57.6 Å². The van der Waals surface area contributed by atoms with Crippen LogP contribution in [0.4, 0.5) is 14.9 Å². The van der Waals surface area contributed by atoms with Gasteiger partial charge in [-0.2, -0.15) is 0 Å². The zero-order chi connectivity index (χ0) is 17.7. The lowest BCUT2D eigenvalue weighted by molar-refractivity contribution is 0.0670. The van der Waals surface area contributed by atoms with E-state index in [-0.39, 0.29) is 18.4 Å². The van der Waals surface area contributed by atoms with E-state index in [1.807, 2.05) is 0 Å². The van der Waals surface area contributed by atoms with Crippen LogP contribution in [0.25, 0.3) is 0 Å². The van der Waals surface area contributed by atoms with Crippen LogP contribution in [-0.2, 0) is 0 Å². The average Bonchev–Trinajstić information content (AvgIpc) is 2.54. The number of β-amino-alcohol motifs (C(OH)–C–C–N with tert-alkyl or cyclic N) is 1. The SMILES string of the molecule is Cc1c(F)cccc1NC(=O)N(C)CC(O)CN1CCN(C)CC1. The van der Waals surface area contributed by atoms with Gasteiger partial charge in [-0.25, -0.2) is 9.18 Å². The molecule has 1 aromatic rings. The zero-order valence-electron chi connectivity index (χ0n) is 14.6. The molecule has 0 bridgehead atoms. The molecular weight excluding hydrogens is 311 g/mol. The molecule has 0 saturated carbocycles. The molecule has 1 aromatic carbocycles. The second kappa shape index (κ2) is 8.41. The molecule has 0 radical (unpaired) electrons. The number of carbonyl (C=O) groups excluding carboxylic acids is 1. The molecule has 134 valence electrons. The van der Waals surface area contributed by atoms with Gasteiger partial charge in [-0.1, -0.05) is 6.07 Å². The molecule has 1 fully saturated rings. The minimum Gasteiger partial charge on any atom is -0.390 e. The maximum absolute atomic E-state index is 13.5. The van der Waals surface area contributed by atoms with Gasteiger partial charge in [-0.05, 0) is 26.1 Å². The molecule has 1 aliphatic rings. The Bertz CT molecular complexity index is 562. The standard InChI is InChI=1S/C17H27FN4O2/c1-13-15(18)5-4-6-16(13)19-17(24)21(3)11-14(23)12-22-9-7-20(2)8-10-22/h4-6,14,23H,7-12H2,1-3H3,(H,19,24). The van der Waals surface area contributed by atoms with Crippen LogP contribution in [0.3, 0.4) is 0 Å². The molecule has 1 unspecified atom stereocenters. The summed E-state index contributed by atoms with van der Waals surface area (Å²) >= 11 is 0. The molecule has 0 aliphatic carbocycles. The third-order valence-electron chi connectivity index (χ3n) is 4.41. The number of piperazine rings is 1. The summed E-state index contributed by atoms with van der Waals surface area (Å²) < 4.78 is 13.5. The molecule has 7 heteroatoms. The quantitative estimate of drug-likeness (QED) is 0.847. The highest BCUT2D eigenvalue weighted by molar-refractivity contribution is 5.90. The number of carbonyl (C=O) groups is 1. The van der Waals surface area contributed by atoms with E-state index in [9.17, 15) is 14.3 Å². The number of halogens is 1. The van der Waals surface area contributed by atoms with Crippen LogP contribution in [0.5, 0.6) is 0 Å².